The smallest absolute Gasteiger partial charge is 0.254 e. The van der Waals surface area contributed by atoms with E-state index in [2.05, 4.69) is 4.90 Å². The van der Waals surface area contributed by atoms with Crippen molar-refractivity contribution in [3.63, 3.8) is 0 Å². The second kappa shape index (κ2) is 8.94. The number of piperazine rings is 1. The molecule has 8 nitrogen and oxygen atoms in total. The fraction of sp³-hybridized carbons (Fsp3) is 0.650. The van der Waals surface area contributed by atoms with Crippen molar-refractivity contribution in [3.05, 3.63) is 29.3 Å². The summed E-state index contributed by atoms with van der Waals surface area (Å²) in [5, 5.41) is 0. The average molecular weight is 458 g/mol. The first-order valence-corrected chi connectivity index (χ1v) is 13.7. The van der Waals surface area contributed by atoms with Gasteiger partial charge in [-0.3, -0.25) is 9.69 Å². The summed E-state index contributed by atoms with van der Waals surface area (Å²) in [5.74, 6) is 0.262. The first-order chi connectivity index (χ1) is 14.1. The number of rotatable bonds is 6. The lowest BCUT2D eigenvalue weighted by Gasteiger charge is -2.37. The second-order valence-corrected chi connectivity index (χ2v) is 12.1. The van der Waals surface area contributed by atoms with Crippen molar-refractivity contribution in [1.82, 2.24) is 14.1 Å². The van der Waals surface area contributed by atoms with Crippen molar-refractivity contribution in [2.75, 3.05) is 50.8 Å². The normalized spacial score (nSPS) is 22.5. The molecule has 1 unspecified atom stereocenters. The molecule has 0 aliphatic carbocycles. The molecule has 2 aliphatic heterocycles. The Morgan fingerprint density at radius 2 is 1.77 bits per heavy atom. The molecule has 0 radical (unpaired) electrons. The summed E-state index contributed by atoms with van der Waals surface area (Å²) < 4.78 is 50.5. The van der Waals surface area contributed by atoms with E-state index in [1.807, 2.05) is 0 Å². The number of hydrogen-bond acceptors (Lipinski definition) is 6. The molecule has 3 rings (SSSR count). The zero-order chi connectivity index (χ0) is 22.1. The monoisotopic (exact) mass is 457 g/mol. The lowest BCUT2D eigenvalue weighted by molar-refractivity contribution is 0.0587. The molecule has 0 spiro atoms. The Morgan fingerprint density at radius 3 is 2.30 bits per heavy atom. The van der Waals surface area contributed by atoms with Gasteiger partial charge in [-0.15, -0.1) is 0 Å². The van der Waals surface area contributed by atoms with Crippen LogP contribution in [0.2, 0.25) is 0 Å². The van der Waals surface area contributed by atoms with Gasteiger partial charge in [0, 0.05) is 50.9 Å². The van der Waals surface area contributed by atoms with Crippen LogP contribution in [0.4, 0.5) is 0 Å². The number of sulfone groups is 1. The maximum absolute atomic E-state index is 13.1. The highest BCUT2D eigenvalue weighted by atomic mass is 32.2. The Balaban J connectivity index is 1.73. The lowest BCUT2D eigenvalue weighted by Crippen LogP contribution is -2.52. The third-order valence-electron chi connectivity index (χ3n) is 6.11. The van der Waals surface area contributed by atoms with Crippen LogP contribution in [-0.4, -0.2) is 93.7 Å². The first-order valence-electron chi connectivity index (χ1n) is 10.4. The van der Waals surface area contributed by atoms with Gasteiger partial charge in [0.05, 0.1) is 16.4 Å². The van der Waals surface area contributed by atoms with E-state index >= 15 is 0 Å². The van der Waals surface area contributed by atoms with E-state index in [9.17, 15) is 21.6 Å². The number of sulfonamides is 1. The van der Waals surface area contributed by atoms with Crippen molar-refractivity contribution in [2.24, 2.45) is 0 Å². The molecule has 0 saturated carbocycles. The third-order valence-corrected chi connectivity index (χ3v) is 9.91. The van der Waals surface area contributed by atoms with Gasteiger partial charge >= 0.3 is 0 Å². The SMILES string of the molecule is CCN(CC)S(=O)(=O)c1ccc(C)c(C(=O)N2CCN(C3CCS(=O)(=O)C3)CC2)c1. The molecule has 2 saturated heterocycles. The Morgan fingerprint density at radius 1 is 1.13 bits per heavy atom. The summed E-state index contributed by atoms with van der Waals surface area (Å²) in [6, 6.07) is 4.76. The summed E-state index contributed by atoms with van der Waals surface area (Å²) in [4.78, 5) is 17.2. The van der Waals surface area contributed by atoms with Crippen molar-refractivity contribution < 1.29 is 21.6 Å². The van der Waals surface area contributed by atoms with Crippen LogP contribution < -0.4 is 0 Å². The van der Waals surface area contributed by atoms with Gasteiger partial charge in [0.1, 0.15) is 0 Å². The molecule has 0 N–H and O–H groups in total. The van der Waals surface area contributed by atoms with Crippen LogP contribution in [0.15, 0.2) is 23.1 Å². The first kappa shape index (κ1) is 23.2. The molecule has 1 amide bonds. The molecule has 1 aromatic rings. The molecule has 1 atom stereocenters. The quantitative estimate of drug-likeness (QED) is 0.632. The van der Waals surface area contributed by atoms with Crippen LogP contribution in [0.5, 0.6) is 0 Å². The van der Waals surface area contributed by atoms with Crippen molar-refractivity contribution in [3.8, 4) is 0 Å². The minimum atomic E-state index is -3.64. The van der Waals surface area contributed by atoms with Gasteiger partial charge in [0.2, 0.25) is 10.0 Å². The molecule has 0 bridgehead atoms. The maximum atomic E-state index is 13.1. The van der Waals surface area contributed by atoms with E-state index < -0.39 is 19.9 Å². The Hall–Kier alpha value is -1.49. The highest BCUT2D eigenvalue weighted by Gasteiger charge is 2.35. The van der Waals surface area contributed by atoms with E-state index in [4.69, 9.17) is 0 Å². The molecule has 2 fully saturated rings. The van der Waals surface area contributed by atoms with Crippen LogP contribution in [0, 0.1) is 6.92 Å². The fourth-order valence-electron chi connectivity index (χ4n) is 4.23. The Labute approximate surface area is 179 Å². The van der Waals surface area contributed by atoms with Gasteiger partial charge in [-0.1, -0.05) is 19.9 Å². The van der Waals surface area contributed by atoms with Crippen LogP contribution in [-0.2, 0) is 19.9 Å². The summed E-state index contributed by atoms with van der Waals surface area (Å²) in [7, 11) is -6.57. The molecule has 2 heterocycles. The predicted octanol–water partition coefficient (Wildman–Crippen LogP) is 0.970. The predicted molar refractivity (Wildman–Crippen MR) is 116 cm³/mol. The van der Waals surface area contributed by atoms with E-state index in [0.717, 1.165) is 5.56 Å². The number of aryl methyl sites for hydroxylation is 1. The van der Waals surface area contributed by atoms with Crippen LogP contribution in [0.1, 0.15) is 36.2 Å². The maximum Gasteiger partial charge on any atom is 0.254 e. The summed E-state index contributed by atoms with van der Waals surface area (Å²) >= 11 is 0. The van der Waals surface area contributed by atoms with E-state index in [1.54, 1.807) is 37.8 Å². The highest BCUT2D eigenvalue weighted by Crippen LogP contribution is 2.23. The van der Waals surface area contributed by atoms with Crippen molar-refractivity contribution >= 4 is 25.8 Å². The van der Waals surface area contributed by atoms with Gasteiger partial charge in [-0.2, -0.15) is 4.31 Å². The number of carbonyl (C=O) groups is 1. The summed E-state index contributed by atoms with van der Waals surface area (Å²) in [5.41, 5.74) is 1.14. The zero-order valence-corrected chi connectivity index (χ0v) is 19.5. The molecule has 2 aliphatic rings. The van der Waals surface area contributed by atoms with Crippen molar-refractivity contribution in [2.45, 2.75) is 38.1 Å². The average Bonchev–Trinajstić information content (AvgIpc) is 3.08. The summed E-state index contributed by atoms with van der Waals surface area (Å²) in [6.45, 7) is 8.38. The Bertz CT molecular complexity index is 995. The molecule has 10 heteroatoms. The van der Waals surface area contributed by atoms with E-state index in [-0.39, 0.29) is 28.4 Å². The van der Waals surface area contributed by atoms with E-state index in [0.29, 0.717) is 51.3 Å². The topological polar surface area (TPSA) is 95.1 Å². The van der Waals surface area contributed by atoms with Crippen molar-refractivity contribution in [1.29, 1.82) is 0 Å². The van der Waals surface area contributed by atoms with Crippen LogP contribution in [0.25, 0.3) is 0 Å². The van der Waals surface area contributed by atoms with Gasteiger partial charge in [-0.25, -0.2) is 16.8 Å². The number of carbonyl (C=O) groups excluding carboxylic acids is 1. The second-order valence-electron chi connectivity index (χ2n) is 7.95. The zero-order valence-electron chi connectivity index (χ0n) is 17.9. The van der Waals surface area contributed by atoms with Gasteiger partial charge < -0.3 is 4.90 Å². The Kier molecular flexibility index (Phi) is 6.91. The number of nitrogens with zero attached hydrogens (tertiary/aromatic N) is 3. The minimum absolute atomic E-state index is 0.0385. The van der Waals surface area contributed by atoms with Crippen LogP contribution in [0.3, 0.4) is 0 Å². The molecule has 0 aromatic heterocycles. The molecular weight excluding hydrogens is 426 g/mol. The largest absolute Gasteiger partial charge is 0.336 e. The fourth-order valence-corrected chi connectivity index (χ4v) is 7.47. The lowest BCUT2D eigenvalue weighted by atomic mass is 10.1. The van der Waals surface area contributed by atoms with Gasteiger partial charge in [0.25, 0.3) is 5.91 Å². The third kappa shape index (κ3) is 4.71. The van der Waals surface area contributed by atoms with Crippen LogP contribution >= 0.6 is 0 Å². The summed E-state index contributed by atoms with van der Waals surface area (Å²) in [6.07, 6.45) is 0.653. The standard InChI is InChI=1S/C20H31N3O5S2/c1-4-23(5-2)30(27,28)18-7-6-16(3)19(14-18)20(24)22-11-9-21(10-12-22)17-8-13-29(25,26)15-17/h6-7,14,17H,4-5,8-13,15H2,1-3H3. The number of hydrogen-bond donors (Lipinski definition) is 0. The number of amides is 1. The minimum Gasteiger partial charge on any atom is -0.336 e. The molecule has 1 aromatic carbocycles. The highest BCUT2D eigenvalue weighted by molar-refractivity contribution is 7.91. The van der Waals surface area contributed by atoms with Gasteiger partial charge in [0.15, 0.2) is 9.84 Å². The molecule has 30 heavy (non-hydrogen) atoms. The molecular formula is C20H31N3O5S2. The van der Waals surface area contributed by atoms with Gasteiger partial charge in [-0.05, 0) is 31.0 Å². The molecule has 168 valence electrons. The van der Waals surface area contributed by atoms with E-state index in [1.165, 1.54) is 10.4 Å². The number of benzene rings is 1.